The molecule has 0 heterocycles. The van der Waals surface area contributed by atoms with Gasteiger partial charge in [0.1, 0.15) is 6.54 Å². The van der Waals surface area contributed by atoms with Gasteiger partial charge in [-0.2, -0.15) is 4.31 Å². The van der Waals surface area contributed by atoms with Crippen molar-refractivity contribution >= 4 is 31.9 Å². The summed E-state index contributed by atoms with van der Waals surface area (Å²) in [5.74, 6) is -0.613. The number of methoxy groups -OCH3 is 1. The number of aryl methyl sites for hydroxylation is 1. The number of carbonyl (C=O) groups is 1. The SMILES string of the molecule is COC(=O)CN(Cc1ccccc1)S(=O)(=O)c1ccc(C)cc1Br. The van der Waals surface area contributed by atoms with Gasteiger partial charge in [-0.05, 0) is 46.1 Å². The number of hydrogen-bond acceptors (Lipinski definition) is 4. The molecule has 0 amide bonds. The number of rotatable bonds is 6. The Hall–Kier alpha value is -1.70. The number of nitrogens with zero attached hydrogens (tertiary/aromatic N) is 1. The first-order chi connectivity index (χ1) is 11.3. The Morgan fingerprint density at radius 1 is 1.17 bits per heavy atom. The highest BCUT2D eigenvalue weighted by atomic mass is 79.9. The number of halogens is 1. The molecular formula is C17H18BrNO4S. The normalized spacial score (nSPS) is 11.5. The van der Waals surface area contributed by atoms with Gasteiger partial charge in [0.25, 0.3) is 0 Å². The van der Waals surface area contributed by atoms with Crippen molar-refractivity contribution in [2.45, 2.75) is 18.4 Å². The van der Waals surface area contributed by atoms with Crippen LogP contribution in [0, 0.1) is 6.92 Å². The molecule has 0 saturated carbocycles. The first-order valence-corrected chi connectivity index (χ1v) is 9.45. The highest BCUT2D eigenvalue weighted by Crippen LogP contribution is 2.27. The zero-order valence-electron chi connectivity index (χ0n) is 13.4. The first-order valence-electron chi connectivity index (χ1n) is 7.21. The maximum atomic E-state index is 13.0. The fraction of sp³-hybridized carbons (Fsp3) is 0.235. The minimum absolute atomic E-state index is 0.0819. The molecule has 24 heavy (non-hydrogen) atoms. The molecule has 0 aliphatic heterocycles. The zero-order valence-corrected chi connectivity index (χ0v) is 15.8. The third-order valence-electron chi connectivity index (χ3n) is 3.44. The molecule has 2 aromatic rings. The van der Waals surface area contributed by atoms with Crippen LogP contribution in [-0.4, -0.2) is 32.3 Å². The molecule has 2 aromatic carbocycles. The summed E-state index contributed by atoms with van der Waals surface area (Å²) < 4.78 is 32.2. The molecule has 0 spiro atoms. The van der Waals surface area contributed by atoms with Crippen LogP contribution in [0.2, 0.25) is 0 Å². The molecule has 0 saturated heterocycles. The van der Waals surface area contributed by atoms with E-state index in [0.29, 0.717) is 4.47 Å². The maximum Gasteiger partial charge on any atom is 0.321 e. The van der Waals surface area contributed by atoms with Crippen LogP contribution in [-0.2, 0) is 26.1 Å². The van der Waals surface area contributed by atoms with Crippen molar-refractivity contribution in [3.05, 3.63) is 64.1 Å². The standard InChI is InChI=1S/C17H18BrNO4S/c1-13-8-9-16(15(18)10-13)24(21,22)19(12-17(20)23-2)11-14-6-4-3-5-7-14/h3-10H,11-12H2,1-2H3. The van der Waals surface area contributed by atoms with E-state index < -0.39 is 16.0 Å². The molecule has 0 N–H and O–H groups in total. The van der Waals surface area contributed by atoms with Crippen LogP contribution in [0.3, 0.4) is 0 Å². The number of ether oxygens (including phenoxy) is 1. The van der Waals surface area contributed by atoms with E-state index in [4.69, 9.17) is 0 Å². The molecule has 2 rings (SSSR count). The quantitative estimate of drug-likeness (QED) is 0.684. The fourth-order valence-corrected chi connectivity index (χ4v) is 4.70. The van der Waals surface area contributed by atoms with Gasteiger partial charge in [-0.25, -0.2) is 8.42 Å². The number of benzene rings is 2. The van der Waals surface area contributed by atoms with Gasteiger partial charge in [-0.15, -0.1) is 0 Å². The Balaban J connectivity index is 2.42. The molecule has 0 aliphatic rings. The van der Waals surface area contributed by atoms with Crippen LogP contribution in [0.1, 0.15) is 11.1 Å². The third-order valence-corrected chi connectivity index (χ3v) is 6.21. The average molecular weight is 412 g/mol. The van der Waals surface area contributed by atoms with Crippen LogP contribution >= 0.6 is 15.9 Å². The Bertz CT molecular complexity index is 822. The van der Waals surface area contributed by atoms with E-state index in [1.165, 1.54) is 13.2 Å². The van der Waals surface area contributed by atoms with E-state index >= 15 is 0 Å². The minimum atomic E-state index is -3.87. The monoisotopic (exact) mass is 411 g/mol. The van der Waals surface area contributed by atoms with E-state index in [2.05, 4.69) is 20.7 Å². The largest absolute Gasteiger partial charge is 0.468 e. The summed E-state index contributed by atoms with van der Waals surface area (Å²) in [5, 5.41) is 0. The van der Waals surface area contributed by atoms with Gasteiger partial charge in [0.15, 0.2) is 0 Å². The van der Waals surface area contributed by atoms with Crippen molar-refractivity contribution in [3.8, 4) is 0 Å². The van der Waals surface area contributed by atoms with Gasteiger partial charge in [0.05, 0.1) is 12.0 Å². The fourth-order valence-electron chi connectivity index (χ4n) is 2.18. The highest BCUT2D eigenvalue weighted by Gasteiger charge is 2.29. The van der Waals surface area contributed by atoms with Gasteiger partial charge in [-0.1, -0.05) is 36.4 Å². The van der Waals surface area contributed by atoms with E-state index in [0.717, 1.165) is 15.4 Å². The number of hydrogen-bond donors (Lipinski definition) is 0. The summed E-state index contributed by atoms with van der Waals surface area (Å²) in [7, 11) is -2.63. The molecule has 0 fully saturated rings. The topological polar surface area (TPSA) is 63.7 Å². The van der Waals surface area contributed by atoms with E-state index in [-0.39, 0.29) is 18.0 Å². The molecule has 0 radical (unpaired) electrons. The molecule has 0 bridgehead atoms. The average Bonchev–Trinajstić information content (AvgIpc) is 2.54. The van der Waals surface area contributed by atoms with Crippen LogP contribution in [0.25, 0.3) is 0 Å². The second kappa shape index (κ2) is 7.92. The lowest BCUT2D eigenvalue weighted by molar-refractivity contribution is -0.140. The summed E-state index contributed by atoms with van der Waals surface area (Å²) in [6.45, 7) is 1.60. The molecule has 128 valence electrons. The van der Waals surface area contributed by atoms with Crippen LogP contribution in [0.5, 0.6) is 0 Å². The molecule has 0 aliphatic carbocycles. The molecular weight excluding hydrogens is 394 g/mol. The maximum absolute atomic E-state index is 13.0. The second-order valence-electron chi connectivity index (χ2n) is 5.27. The van der Waals surface area contributed by atoms with Crippen LogP contribution in [0.4, 0.5) is 0 Å². The van der Waals surface area contributed by atoms with E-state index in [1.807, 2.05) is 37.3 Å². The van der Waals surface area contributed by atoms with Gasteiger partial charge in [0, 0.05) is 11.0 Å². The van der Waals surface area contributed by atoms with Crippen LogP contribution in [0.15, 0.2) is 57.9 Å². The van der Waals surface area contributed by atoms with Gasteiger partial charge >= 0.3 is 5.97 Å². The number of esters is 1. The molecule has 0 aromatic heterocycles. The number of sulfonamides is 1. The molecule has 5 nitrogen and oxygen atoms in total. The molecule has 7 heteroatoms. The number of carbonyl (C=O) groups excluding carboxylic acids is 1. The minimum Gasteiger partial charge on any atom is -0.468 e. The summed E-state index contributed by atoms with van der Waals surface area (Å²) in [4.78, 5) is 11.8. The summed E-state index contributed by atoms with van der Waals surface area (Å²) in [5.41, 5.74) is 1.72. The zero-order chi connectivity index (χ0) is 17.7. The molecule has 0 atom stereocenters. The first kappa shape index (κ1) is 18.6. The lowest BCUT2D eigenvalue weighted by Gasteiger charge is -2.22. The van der Waals surface area contributed by atoms with Crippen molar-refractivity contribution in [2.75, 3.05) is 13.7 Å². The van der Waals surface area contributed by atoms with E-state index in [9.17, 15) is 13.2 Å². The molecule has 0 unspecified atom stereocenters. The highest BCUT2D eigenvalue weighted by molar-refractivity contribution is 9.10. The Morgan fingerprint density at radius 2 is 1.83 bits per heavy atom. The Morgan fingerprint density at radius 3 is 2.42 bits per heavy atom. The van der Waals surface area contributed by atoms with Crippen LogP contribution < -0.4 is 0 Å². The predicted molar refractivity (Wildman–Crippen MR) is 94.9 cm³/mol. The van der Waals surface area contributed by atoms with Gasteiger partial charge < -0.3 is 4.74 Å². The Labute approximate surface area is 150 Å². The summed E-state index contributed by atoms with van der Waals surface area (Å²) >= 11 is 3.30. The second-order valence-corrected chi connectivity index (χ2v) is 8.03. The van der Waals surface area contributed by atoms with Gasteiger partial charge in [-0.3, -0.25) is 4.79 Å². The smallest absolute Gasteiger partial charge is 0.321 e. The lowest BCUT2D eigenvalue weighted by atomic mass is 10.2. The van der Waals surface area contributed by atoms with Crippen molar-refractivity contribution in [2.24, 2.45) is 0 Å². The van der Waals surface area contributed by atoms with Crippen molar-refractivity contribution in [1.29, 1.82) is 0 Å². The van der Waals surface area contributed by atoms with Crippen molar-refractivity contribution in [3.63, 3.8) is 0 Å². The van der Waals surface area contributed by atoms with E-state index in [1.54, 1.807) is 12.1 Å². The third kappa shape index (κ3) is 4.43. The Kier molecular flexibility index (Phi) is 6.15. The predicted octanol–water partition coefficient (Wildman–Crippen LogP) is 3.12. The summed E-state index contributed by atoms with van der Waals surface area (Å²) in [6.07, 6.45) is 0. The van der Waals surface area contributed by atoms with Crippen molar-refractivity contribution < 1.29 is 17.9 Å². The lowest BCUT2D eigenvalue weighted by Crippen LogP contribution is -2.36. The van der Waals surface area contributed by atoms with Crippen molar-refractivity contribution in [1.82, 2.24) is 4.31 Å². The van der Waals surface area contributed by atoms with Gasteiger partial charge in [0.2, 0.25) is 10.0 Å². The summed E-state index contributed by atoms with van der Waals surface area (Å²) in [6, 6.07) is 14.1.